The largest absolute Gasteiger partial charge is 0.466 e. The smallest absolute Gasteiger partial charge is 0.357 e. The van der Waals surface area contributed by atoms with Crippen molar-refractivity contribution >= 4 is 29.2 Å². The standard InChI is InChI=1S/C15H22N2O5S/c1-5-22-14(19)7-6-13(18)17(10(2)3)8-12-16-11(9-23-12)15(20)21-4/h9-10H,5-8H2,1-4H3. The molecule has 1 rings (SSSR count). The number of nitrogens with zero attached hydrogens (tertiary/aromatic N) is 2. The number of rotatable bonds is 8. The molecule has 0 saturated heterocycles. The molecule has 1 amide bonds. The molecule has 0 spiro atoms. The molecule has 8 heteroatoms. The molecule has 0 aliphatic carbocycles. The first-order valence-electron chi connectivity index (χ1n) is 7.36. The van der Waals surface area contributed by atoms with E-state index in [0.29, 0.717) is 18.2 Å². The van der Waals surface area contributed by atoms with Gasteiger partial charge >= 0.3 is 11.9 Å². The van der Waals surface area contributed by atoms with Gasteiger partial charge in [-0.2, -0.15) is 0 Å². The Kier molecular flexibility index (Phi) is 7.67. The predicted octanol–water partition coefficient (Wildman–Crippen LogP) is 2.01. The van der Waals surface area contributed by atoms with Crippen molar-refractivity contribution in [3.63, 3.8) is 0 Å². The van der Waals surface area contributed by atoms with Gasteiger partial charge in [0.2, 0.25) is 5.91 Å². The molecule has 0 aliphatic heterocycles. The summed E-state index contributed by atoms with van der Waals surface area (Å²) in [5, 5.41) is 2.24. The topological polar surface area (TPSA) is 85.8 Å². The van der Waals surface area contributed by atoms with Crippen LogP contribution in [0.4, 0.5) is 0 Å². The van der Waals surface area contributed by atoms with Crippen LogP contribution in [0.3, 0.4) is 0 Å². The van der Waals surface area contributed by atoms with Crippen LogP contribution in [0.15, 0.2) is 5.38 Å². The minimum absolute atomic E-state index is 0.0461. The molecule has 0 atom stereocenters. The average Bonchev–Trinajstić information content (AvgIpc) is 2.98. The second-order valence-electron chi connectivity index (χ2n) is 5.04. The number of hydrogen-bond donors (Lipinski definition) is 0. The SMILES string of the molecule is CCOC(=O)CCC(=O)N(Cc1nc(C(=O)OC)cs1)C(C)C. The number of thiazole rings is 1. The van der Waals surface area contributed by atoms with Crippen LogP contribution in [0.2, 0.25) is 0 Å². The highest BCUT2D eigenvalue weighted by Crippen LogP contribution is 2.16. The highest BCUT2D eigenvalue weighted by Gasteiger charge is 2.21. The van der Waals surface area contributed by atoms with Crippen LogP contribution >= 0.6 is 11.3 Å². The lowest BCUT2D eigenvalue weighted by molar-refractivity contribution is -0.146. The summed E-state index contributed by atoms with van der Waals surface area (Å²) in [6, 6.07) is -0.0461. The molecule has 1 heterocycles. The molecular formula is C15H22N2O5S. The molecule has 128 valence electrons. The minimum Gasteiger partial charge on any atom is -0.466 e. The van der Waals surface area contributed by atoms with Crippen molar-refractivity contribution in [3.05, 3.63) is 16.1 Å². The van der Waals surface area contributed by atoms with Crippen molar-refractivity contribution in [1.29, 1.82) is 0 Å². The minimum atomic E-state index is -0.503. The number of ether oxygens (including phenoxy) is 2. The van der Waals surface area contributed by atoms with Crippen molar-refractivity contribution in [1.82, 2.24) is 9.88 Å². The maximum atomic E-state index is 12.3. The third-order valence-corrected chi connectivity index (χ3v) is 3.88. The Morgan fingerprint density at radius 1 is 1.30 bits per heavy atom. The molecule has 0 aliphatic rings. The van der Waals surface area contributed by atoms with Gasteiger partial charge in [-0.05, 0) is 20.8 Å². The summed E-state index contributed by atoms with van der Waals surface area (Å²) < 4.78 is 9.43. The number of carbonyl (C=O) groups is 3. The highest BCUT2D eigenvalue weighted by atomic mass is 32.1. The summed E-state index contributed by atoms with van der Waals surface area (Å²) in [6.07, 6.45) is 0.146. The third-order valence-electron chi connectivity index (χ3n) is 3.04. The zero-order valence-electron chi connectivity index (χ0n) is 13.8. The fraction of sp³-hybridized carbons (Fsp3) is 0.600. The van der Waals surface area contributed by atoms with Crippen LogP contribution in [0.25, 0.3) is 0 Å². The van der Waals surface area contributed by atoms with E-state index in [2.05, 4.69) is 9.72 Å². The van der Waals surface area contributed by atoms with E-state index in [1.807, 2.05) is 13.8 Å². The van der Waals surface area contributed by atoms with E-state index in [-0.39, 0.29) is 36.5 Å². The van der Waals surface area contributed by atoms with E-state index in [4.69, 9.17) is 4.74 Å². The maximum Gasteiger partial charge on any atom is 0.357 e. The van der Waals surface area contributed by atoms with E-state index < -0.39 is 5.97 Å². The van der Waals surface area contributed by atoms with Gasteiger partial charge < -0.3 is 14.4 Å². The van der Waals surface area contributed by atoms with E-state index in [1.165, 1.54) is 18.4 Å². The zero-order valence-corrected chi connectivity index (χ0v) is 14.6. The molecule has 0 N–H and O–H groups in total. The fourth-order valence-corrected chi connectivity index (χ4v) is 2.63. The van der Waals surface area contributed by atoms with E-state index >= 15 is 0 Å². The Hall–Kier alpha value is -1.96. The summed E-state index contributed by atoms with van der Waals surface area (Å²) in [5.74, 6) is -1.04. The number of methoxy groups -OCH3 is 1. The van der Waals surface area contributed by atoms with Gasteiger partial charge in [0, 0.05) is 17.8 Å². The summed E-state index contributed by atoms with van der Waals surface area (Å²) >= 11 is 1.29. The van der Waals surface area contributed by atoms with Gasteiger partial charge in [0.1, 0.15) is 5.01 Å². The van der Waals surface area contributed by atoms with Crippen LogP contribution in [-0.2, 0) is 25.6 Å². The predicted molar refractivity (Wildman–Crippen MR) is 85.0 cm³/mol. The molecule has 0 aromatic carbocycles. The molecule has 1 aromatic rings. The molecule has 0 saturated carbocycles. The Bertz CT molecular complexity index is 556. The summed E-state index contributed by atoms with van der Waals surface area (Å²) in [6.45, 7) is 6.09. The molecule has 0 radical (unpaired) electrons. The number of amides is 1. The second kappa shape index (κ2) is 9.24. The molecular weight excluding hydrogens is 320 g/mol. The quantitative estimate of drug-likeness (QED) is 0.672. The van der Waals surface area contributed by atoms with Gasteiger partial charge in [-0.15, -0.1) is 11.3 Å². The summed E-state index contributed by atoms with van der Waals surface area (Å²) in [5.41, 5.74) is 0.232. The lowest BCUT2D eigenvalue weighted by atomic mass is 10.2. The Morgan fingerprint density at radius 2 is 2.00 bits per heavy atom. The van der Waals surface area contributed by atoms with Crippen LogP contribution in [-0.4, -0.2) is 47.5 Å². The van der Waals surface area contributed by atoms with Crippen LogP contribution in [0, 0.1) is 0 Å². The molecule has 0 unspecified atom stereocenters. The van der Waals surface area contributed by atoms with Crippen LogP contribution < -0.4 is 0 Å². The first-order chi connectivity index (χ1) is 10.9. The molecule has 0 bridgehead atoms. The van der Waals surface area contributed by atoms with Crippen molar-refractivity contribution in [2.24, 2.45) is 0 Å². The fourth-order valence-electron chi connectivity index (χ4n) is 1.87. The van der Waals surface area contributed by atoms with Crippen molar-refractivity contribution in [2.75, 3.05) is 13.7 Å². The van der Waals surface area contributed by atoms with Gasteiger partial charge in [-0.1, -0.05) is 0 Å². The van der Waals surface area contributed by atoms with E-state index in [9.17, 15) is 14.4 Å². The van der Waals surface area contributed by atoms with E-state index in [0.717, 1.165) is 0 Å². The molecule has 0 fully saturated rings. The number of aromatic nitrogens is 1. The van der Waals surface area contributed by atoms with Gasteiger partial charge in [0.25, 0.3) is 0 Å². The lowest BCUT2D eigenvalue weighted by Crippen LogP contribution is -2.36. The normalized spacial score (nSPS) is 10.5. The maximum absolute atomic E-state index is 12.3. The van der Waals surface area contributed by atoms with Crippen LogP contribution in [0.5, 0.6) is 0 Å². The molecule has 1 aromatic heterocycles. The Morgan fingerprint density at radius 3 is 2.57 bits per heavy atom. The highest BCUT2D eigenvalue weighted by molar-refractivity contribution is 7.09. The van der Waals surface area contributed by atoms with Crippen LogP contribution in [0.1, 0.15) is 49.1 Å². The number of hydrogen-bond acceptors (Lipinski definition) is 7. The van der Waals surface area contributed by atoms with Crippen molar-refractivity contribution in [2.45, 2.75) is 46.2 Å². The summed E-state index contributed by atoms with van der Waals surface area (Å²) in [7, 11) is 1.29. The average molecular weight is 342 g/mol. The molecule has 23 heavy (non-hydrogen) atoms. The Balaban J connectivity index is 2.67. The van der Waals surface area contributed by atoms with Crippen molar-refractivity contribution < 1.29 is 23.9 Å². The number of esters is 2. The second-order valence-corrected chi connectivity index (χ2v) is 5.98. The number of carbonyl (C=O) groups excluding carboxylic acids is 3. The van der Waals surface area contributed by atoms with Gasteiger partial charge in [-0.25, -0.2) is 9.78 Å². The van der Waals surface area contributed by atoms with Gasteiger partial charge in [0.15, 0.2) is 5.69 Å². The first kappa shape index (κ1) is 19.1. The van der Waals surface area contributed by atoms with Gasteiger partial charge in [0.05, 0.1) is 26.7 Å². The van der Waals surface area contributed by atoms with Crippen molar-refractivity contribution in [3.8, 4) is 0 Å². The third kappa shape index (κ3) is 5.97. The zero-order chi connectivity index (χ0) is 17.4. The monoisotopic (exact) mass is 342 g/mol. The Labute approximate surface area is 139 Å². The molecule has 7 nitrogen and oxygen atoms in total. The summed E-state index contributed by atoms with van der Waals surface area (Å²) in [4.78, 5) is 40.9. The van der Waals surface area contributed by atoms with Gasteiger partial charge in [-0.3, -0.25) is 9.59 Å². The first-order valence-corrected chi connectivity index (χ1v) is 8.24. The lowest BCUT2D eigenvalue weighted by Gasteiger charge is -2.25. The van der Waals surface area contributed by atoms with E-state index in [1.54, 1.807) is 17.2 Å².